The van der Waals surface area contributed by atoms with Crippen LogP contribution < -0.4 is 5.73 Å². The van der Waals surface area contributed by atoms with E-state index in [1.54, 1.807) is 11.3 Å². The molecule has 16 heavy (non-hydrogen) atoms. The van der Waals surface area contributed by atoms with Crippen LogP contribution in [0, 0.1) is 5.92 Å². The van der Waals surface area contributed by atoms with Gasteiger partial charge in [0.25, 0.3) is 0 Å². The Morgan fingerprint density at radius 1 is 1.38 bits per heavy atom. The van der Waals surface area contributed by atoms with Gasteiger partial charge in [-0.2, -0.15) is 0 Å². The molecule has 1 fully saturated rings. The Kier molecular flexibility index (Phi) is 4.41. The first-order valence-electron chi connectivity index (χ1n) is 5.80. The van der Waals surface area contributed by atoms with Gasteiger partial charge in [0.2, 0.25) is 0 Å². The van der Waals surface area contributed by atoms with Crippen LogP contribution in [0.5, 0.6) is 0 Å². The molecule has 1 heterocycles. The van der Waals surface area contributed by atoms with E-state index in [1.807, 2.05) is 0 Å². The molecule has 88 valence electrons. The summed E-state index contributed by atoms with van der Waals surface area (Å²) in [6.07, 6.45) is 6.44. The highest BCUT2D eigenvalue weighted by atomic mass is 79.9. The molecule has 0 aliphatic heterocycles. The lowest BCUT2D eigenvalue weighted by atomic mass is 9.88. The molecule has 0 saturated heterocycles. The maximum atomic E-state index is 6.05. The second kappa shape index (κ2) is 5.82. The van der Waals surface area contributed by atoms with Crippen molar-refractivity contribution in [3.8, 4) is 0 Å². The van der Waals surface area contributed by atoms with Crippen LogP contribution in [0.4, 0.5) is 0 Å². The van der Waals surface area contributed by atoms with Crippen LogP contribution in [0.1, 0.15) is 37.0 Å². The van der Waals surface area contributed by atoms with E-state index < -0.39 is 0 Å². The summed E-state index contributed by atoms with van der Waals surface area (Å²) < 4.78 is 1.16. The molecule has 4 heteroatoms. The van der Waals surface area contributed by atoms with Crippen molar-refractivity contribution in [1.82, 2.24) is 0 Å². The minimum absolute atomic E-state index is 0.539. The van der Waals surface area contributed by atoms with Crippen LogP contribution in [-0.4, -0.2) is 5.84 Å². The molecule has 2 rings (SSSR count). The molecule has 0 spiro atoms. The molecule has 1 aliphatic carbocycles. The van der Waals surface area contributed by atoms with Gasteiger partial charge in [0.1, 0.15) is 0 Å². The van der Waals surface area contributed by atoms with Crippen molar-refractivity contribution < 1.29 is 0 Å². The molecular formula is C12H17BrN2S. The van der Waals surface area contributed by atoms with Crippen molar-refractivity contribution in [2.24, 2.45) is 16.6 Å². The standard InChI is InChI=1S/C12H17BrN2S/c13-11-7-6-10(16-11)8-15-12(14)9-4-2-1-3-5-9/h6-7,9H,1-5,8H2,(H2,14,15). The Hall–Kier alpha value is -0.350. The maximum absolute atomic E-state index is 6.05. The predicted molar refractivity (Wildman–Crippen MR) is 73.9 cm³/mol. The van der Waals surface area contributed by atoms with Gasteiger partial charge in [0, 0.05) is 10.8 Å². The SMILES string of the molecule is NC(=NCc1ccc(Br)s1)C1CCCCC1. The summed E-state index contributed by atoms with van der Waals surface area (Å²) in [7, 11) is 0. The van der Waals surface area contributed by atoms with Gasteiger partial charge in [-0.3, -0.25) is 4.99 Å². The van der Waals surface area contributed by atoms with Gasteiger partial charge in [-0.05, 0) is 40.9 Å². The first-order chi connectivity index (χ1) is 7.75. The predicted octanol–water partition coefficient (Wildman–Crippen LogP) is 3.95. The number of rotatable bonds is 3. The van der Waals surface area contributed by atoms with Crippen LogP contribution >= 0.6 is 27.3 Å². The fourth-order valence-corrected chi connectivity index (χ4v) is 3.54. The molecule has 1 saturated carbocycles. The maximum Gasteiger partial charge on any atom is 0.0972 e. The fourth-order valence-electron chi connectivity index (χ4n) is 2.13. The molecule has 0 atom stereocenters. The average Bonchev–Trinajstić information content (AvgIpc) is 2.73. The summed E-state index contributed by atoms with van der Waals surface area (Å²) in [6, 6.07) is 4.17. The topological polar surface area (TPSA) is 38.4 Å². The van der Waals surface area contributed by atoms with Gasteiger partial charge >= 0.3 is 0 Å². The number of thiophene rings is 1. The van der Waals surface area contributed by atoms with Gasteiger partial charge in [-0.15, -0.1) is 11.3 Å². The van der Waals surface area contributed by atoms with E-state index in [-0.39, 0.29) is 0 Å². The molecule has 0 unspecified atom stereocenters. The zero-order chi connectivity index (χ0) is 11.4. The second-order valence-electron chi connectivity index (χ2n) is 4.28. The normalized spacial score (nSPS) is 18.9. The highest BCUT2D eigenvalue weighted by Crippen LogP contribution is 2.25. The molecule has 0 aromatic carbocycles. The Balaban J connectivity index is 1.90. The summed E-state index contributed by atoms with van der Waals surface area (Å²) in [5, 5.41) is 0. The van der Waals surface area contributed by atoms with Gasteiger partial charge in [-0.25, -0.2) is 0 Å². The Morgan fingerprint density at radius 3 is 2.75 bits per heavy atom. The number of nitrogens with zero attached hydrogens (tertiary/aromatic N) is 1. The van der Waals surface area contributed by atoms with Crippen molar-refractivity contribution in [3.05, 3.63) is 20.8 Å². The minimum Gasteiger partial charge on any atom is -0.387 e. The van der Waals surface area contributed by atoms with Gasteiger partial charge in [-0.1, -0.05) is 19.3 Å². The summed E-state index contributed by atoms with van der Waals surface area (Å²) in [4.78, 5) is 5.78. The number of hydrogen-bond acceptors (Lipinski definition) is 2. The van der Waals surface area contributed by atoms with Crippen molar-refractivity contribution in [3.63, 3.8) is 0 Å². The van der Waals surface area contributed by atoms with E-state index in [2.05, 4.69) is 33.1 Å². The monoisotopic (exact) mass is 300 g/mol. The van der Waals surface area contributed by atoms with E-state index >= 15 is 0 Å². The molecule has 0 bridgehead atoms. The summed E-state index contributed by atoms with van der Waals surface area (Å²) >= 11 is 5.18. The van der Waals surface area contributed by atoms with Crippen molar-refractivity contribution in [1.29, 1.82) is 0 Å². The fraction of sp³-hybridized carbons (Fsp3) is 0.583. The molecule has 1 aromatic rings. The number of aliphatic imine (C=N–C) groups is 1. The Morgan fingerprint density at radius 2 is 2.12 bits per heavy atom. The Bertz CT molecular complexity index is 367. The molecule has 1 aromatic heterocycles. The van der Waals surface area contributed by atoms with Crippen LogP contribution in [0.3, 0.4) is 0 Å². The molecule has 0 amide bonds. The largest absolute Gasteiger partial charge is 0.387 e. The lowest BCUT2D eigenvalue weighted by Gasteiger charge is -2.20. The minimum atomic E-state index is 0.539. The first kappa shape index (κ1) is 12.1. The van der Waals surface area contributed by atoms with Crippen molar-refractivity contribution in [2.45, 2.75) is 38.6 Å². The quantitative estimate of drug-likeness (QED) is 0.666. The van der Waals surface area contributed by atoms with E-state index in [9.17, 15) is 0 Å². The van der Waals surface area contributed by atoms with Gasteiger partial charge in [0.05, 0.1) is 16.2 Å². The number of halogens is 1. The lowest BCUT2D eigenvalue weighted by Crippen LogP contribution is -2.25. The highest BCUT2D eigenvalue weighted by molar-refractivity contribution is 9.11. The summed E-state index contributed by atoms with van der Waals surface area (Å²) in [5.74, 6) is 1.40. The number of amidine groups is 1. The van der Waals surface area contributed by atoms with Crippen molar-refractivity contribution in [2.75, 3.05) is 0 Å². The van der Waals surface area contributed by atoms with Crippen LogP contribution in [0.2, 0.25) is 0 Å². The van der Waals surface area contributed by atoms with E-state index in [0.29, 0.717) is 5.92 Å². The highest BCUT2D eigenvalue weighted by Gasteiger charge is 2.16. The van der Waals surface area contributed by atoms with E-state index in [1.165, 1.54) is 37.0 Å². The molecule has 2 nitrogen and oxygen atoms in total. The third-order valence-corrected chi connectivity index (χ3v) is 4.68. The summed E-state index contributed by atoms with van der Waals surface area (Å²) in [6.45, 7) is 0.735. The van der Waals surface area contributed by atoms with Crippen LogP contribution in [-0.2, 0) is 6.54 Å². The van der Waals surface area contributed by atoms with Gasteiger partial charge in [0.15, 0.2) is 0 Å². The molecule has 0 radical (unpaired) electrons. The smallest absolute Gasteiger partial charge is 0.0972 e. The number of hydrogen-bond donors (Lipinski definition) is 1. The first-order valence-corrected chi connectivity index (χ1v) is 7.40. The zero-order valence-corrected chi connectivity index (χ0v) is 11.7. The van der Waals surface area contributed by atoms with Crippen LogP contribution in [0.25, 0.3) is 0 Å². The average molecular weight is 301 g/mol. The van der Waals surface area contributed by atoms with Crippen molar-refractivity contribution >= 4 is 33.1 Å². The molecular weight excluding hydrogens is 284 g/mol. The van der Waals surface area contributed by atoms with E-state index in [0.717, 1.165) is 16.2 Å². The summed E-state index contributed by atoms with van der Waals surface area (Å²) in [5.41, 5.74) is 6.05. The molecule has 2 N–H and O–H groups in total. The third kappa shape index (κ3) is 3.32. The van der Waals surface area contributed by atoms with E-state index in [4.69, 9.17) is 5.73 Å². The third-order valence-electron chi connectivity index (χ3n) is 3.07. The molecule has 1 aliphatic rings. The zero-order valence-electron chi connectivity index (χ0n) is 9.29. The Labute approximate surface area is 109 Å². The van der Waals surface area contributed by atoms with Crippen LogP contribution in [0.15, 0.2) is 20.9 Å². The second-order valence-corrected chi connectivity index (χ2v) is 6.83. The van der Waals surface area contributed by atoms with Gasteiger partial charge < -0.3 is 5.73 Å². The number of nitrogens with two attached hydrogens (primary N) is 1. The lowest BCUT2D eigenvalue weighted by molar-refractivity contribution is 0.436.